The zero-order chi connectivity index (χ0) is 18.2. The molecular weight excluding hydrogens is 340 g/mol. The summed E-state index contributed by atoms with van der Waals surface area (Å²) >= 11 is 5.09. The molecule has 0 aromatic heterocycles. The van der Waals surface area contributed by atoms with Gasteiger partial charge in [0.2, 0.25) is 5.91 Å². The van der Waals surface area contributed by atoms with Crippen molar-refractivity contribution < 1.29 is 14.3 Å². The Morgan fingerprint density at radius 3 is 2.64 bits per heavy atom. The second-order valence-corrected chi connectivity index (χ2v) is 6.43. The van der Waals surface area contributed by atoms with Gasteiger partial charge in [0.25, 0.3) is 5.91 Å². The highest BCUT2D eigenvalue weighted by Gasteiger charge is 2.20. The molecule has 1 fully saturated rings. The smallest absolute Gasteiger partial charge is 0.269 e. The summed E-state index contributed by atoms with van der Waals surface area (Å²) in [5, 5.41) is 3.31. The number of nitrogens with one attached hydrogen (secondary N) is 3. The maximum Gasteiger partial charge on any atom is 0.269 e. The zero-order valence-corrected chi connectivity index (χ0v) is 15.3. The van der Waals surface area contributed by atoms with Gasteiger partial charge in [0.05, 0.1) is 6.61 Å². The Balaban J connectivity index is 1.79. The van der Waals surface area contributed by atoms with Crippen LogP contribution < -0.4 is 16.2 Å². The van der Waals surface area contributed by atoms with Crippen LogP contribution in [0, 0.1) is 0 Å². The summed E-state index contributed by atoms with van der Waals surface area (Å²) in [6.45, 7) is 3.82. The van der Waals surface area contributed by atoms with Crippen LogP contribution >= 0.6 is 12.2 Å². The van der Waals surface area contributed by atoms with Crippen LogP contribution in [-0.2, 0) is 16.1 Å². The predicted molar refractivity (Wildman–Crippen MR) is 98.8 cm³/mol. The highest BCUT2D eigenvalue weighted by molar-refractivity contribution is 7.80. The first-order chi connectivity index (χ1) is 12.0. The number of nitrogens with zero attached hydrogens (tertiary/aromatic N) is 1. The summed E-state index contributed by atoms with van der Waals surface area (Å²) in [5.41, 5.74) is 6.73. The number of hydrogen-bond acceptors (Lipinski definition) is 4. The van der Waals surface area contributed by atoms with E-state index in [-0.39, 0.29) is 17.9 Å². The largest absolute Gasteiger partial charge is 0.383 e. The molecule has 0 bridgehead atoms. The first-order valence-electron chi connectivity index (χ1n) is 8.22. The zero-order valence-electron chi connectivity index (χ0n) is 14.5. The minimum absolute atomic E-state index is 0.0366. The standard InChI is InChI=1S/C17H24N4O3S/c1-12(11-24-2)18-17(25)20-19-16(23)14-7-5-13(6-8-14)10-21-9-3-4-15(21)22/h5-8,12H,3-4,9-11H2,1-2H3,(H,19,23)(H2,18,20,25)/t12-/m1/s1. The average Bonchev–Trinajstić information content (AvgIpc) is 2.98. The van der Waals surface area contributed by atoms with Crippen molar-refractivity contribution in [2.45, 2.75) is 32.4 Å². The molecular formula is C17H24N4O3S. The Kier molecular flexibility index (Phi) is 7.15. The van der Waals surface area contributed by atoms with E-state index < -0.39 is 0 Å². The number of rotatable bonds is 6. The van der Waals surface area contributed by atoms with Gasteiger partial charge in [-0.1, -0.05) is 12.1 Å². The van der Waals surface area contributed by atoms with Crippen molar-refractivity contribution >= 4 is 29.1 Å². The molecule has 7 nitrogen and oxygen atoms in total. The molecule has 1 aromatic carbocycles. The van der Waals surface area contributed by atoms with Gasteiger partial charge in [-0.05, 0) is 43.3 Å². The molecule has 3 N–H and O–H groups in total. The van der Waals surface area contributed by atoms with Gasteiger partial charge in [0.1, 0.15) is 0 Å². The van der Waals surface area contributed by atoms with Crippen LogP contribution in [-0.4, -0.2) is 48.1 Å². The number of amides is 2. The fourth-order valence-corrected chi connectivity index (χ4v) is 2.84. The van der Waals surface area contributed by atoms with Crippen molar-refractivity contribution in [1.29, 1.82) is 0 Å². The van der Waals surface area contributed by atoms with Crippen LogP contribution in [0.1, 0.15) is 35.7 Å². The summed E-state index contributed by atoms with van der Waals surface area (Å²) < 4.78 is 5.00. The maximum absolute atomic E-state index is 12.1. The molecule has 1 atom stereocenters. The number of ether oxygens (including phenoxy) is 1. The molecule has 1 aliphatic heterocycles. The van der Waals surface area contributed by atoms with Gasteiger partial charge in [-0.3, -0.25) is 20.4 Å². The fourth-order valence-electron chi connectivity index (χ4n) is 2.59. The Morgan fingerprint density at radius 2 is 2.04 bits per heavy atom. The van der Waals surface area contributed by atoms with Gasteiger partial charge in [-0.2, -0.15) is 0 Å². The lowest BCUT2D eigenvalue weighted by Gasteiger charge is -2.17. The number of hydrogen-bond donors (Lipinski definition) is 3. The number of likely N-dealkylation sites (tertiary alicyclic amines) is 1. The molecule has 1 heterocycles. The topological polar surface area (TPSA) is 82.7 Å². The lowest BCUT2D eigenvalue weighted by Crippen LogP contribution is -2.49. The van der Waals surface area contributed by atoms with Gasteiger partial charge < -0.3 is 15.0 Å². The van der Waals surface area contributed by atoms with E-state index in [0.29, 0.717) is 30.2 Å². The van der Waals surface area contributed by atoms with E-state index in [1.54, 1.807) is 19.2 Å². The second-order valence-electron chi connectivity index (χ2n) is 6.02. The molecule has 1 saturated heterocycles. The molecule has 0 unspecified atom stereocenters. The molecule has 1 aromatic rings. The minimum atomic E-state index is -0.285. The van der Waals surface area contributed by atoms with Crippen molar-refractivity contribution in [2.75, 3.05) is 20.3 Å². The van der Waals surface area contributed by atoms with Gasteiger partial charge in [-0.25, -0.2) is 0 Å². The highest BCUT2D eigenvalue weighted by Crippen LogP contribution is 2.14. The van der Waals surface area contributed by atoms with Crippen molar-refractivity contribution in [3.8, 4) is 0 Å². The lowest BCUT2D eigenvalue weighted by atomic mass is 10.1. The quantitative estimate of drug-likeness (QED) is 0.515. The van der Waals surface area contributed by atoms with Gasteiger partial charge >= 0.3 is 0 Å². The van der Waals surface area contributed by atoms with Crippen molar-refractivity contribution in [1.82, 2.24) is 21.1 Å². The van der Waals surface area contributed by atoms with Crippen LogP contribution in [0.5, 0.6) is 0 Å². The number of carbonyl (C=O) groups is 2. The Hall–Kier alpha value is -2.19. The minimum Gasteiger partial charge on any atom is -0.383 e. The third kappa shape index (κ3) is 5.99. The number of thiocarbonyl (C=S) groups is 1. The third-order valence-corrected chi connectivity index (χ3v) is 4.06. The van der Waals surface area contributed by atoms with Crippen molar-refractivity contribution in [3.05, 3.63) is 35.4 Å². The van der Waals surface area contributed by atoms with Crippen molar-refractivity contribution in [3.63, 3.8) is 0 Å². The lowest BCUT2D eigenvalue weighted by molar-refractivity contribution is -0.128. The van der Waals surface area contributed by atoms with Crippen molar-refractivity contribution in [2.24, 2.45) is 0 Å². The van der Waals surface area contributed by atoms with E-state index in [1.165, 1.54) is 0 Å². The fraction of sp³-hybridized carbons (Fsp3) is 0.471. The molecule has 2 amide bonds. The molecule has 2 rings (SSSR count). The van der Waals surface area contributed by atoms with E-state index in [0.717, 1.165) is 18.5 Å². The number of methoxy groups -OCH3 is 1. The summed E-state index contributed by atoms with van der Waals surface area (Å²) in [6, 6.07) is 7.22. The highest BCUT2D eigenvalue weighted by atomic mass is 32.1. The molecule has 0 radical (unpaired) electrons. The normalized spacial score (nSPS) is 15.0. The predicted octanol–water partition coefficient (Wildman–Crippen LogP) is 0.953. The number of benzene rings is 1. The first-order valence-corrected chi connectivity index (χ1v) is 8.63. The molecule has 1 aliphatic rings. The van der Waals surface area contributed by atoms with Gasteiger partial charge in [0.15, 0.2) is 5.11 Å². The van der Waals surface area contributed by atoms with E-state index in [9.17, 15) is 9.59 Å². The molecule has 0 spiro atoms. The van der Waals surface area contributed by atoms with E-state index >= 15 is 0 Å². The van der Waals surface area contributed by atoms with Gasteiger partial charge in [-0.15, -0.1) is 0 Å². The Bertz CT molecular complexity index is 621. The molecule has 0 aliphatic carbocycles. The Labute approximate surface area is 153 Å². The molecule has 8 heteroatoms. The van der Waals surface area contributed by atoms with Crippen LogP contribution in [0.15, 0.2) is 24.3 Å². The molecule has 0 saturated carbocycles. The van der Waals surface area contributed by atoms with Gasteiger partial charge in [0, 0.05) is 38.2 Å². The third-order valence-electron chi connectivity index (χ3n) is 3.84. The molecule has 136 valence electrons. The number of carbonyl (C=O) groups excluding carboxylic acids is 2. The van der Waals surface area contributed by atoms with Crippen LogP contribution in [0.4, 0.5) is 0 Å². The summed E-state index contributed by atoms with van der Waals surface area (Å²) in [5.74, 6) is -0.0953. The van der Waals surface area contributed by atoms with Crippen LogP contribution in [0.25, 0.3) is 0 Å². The summed E-state index contributed by atoms with van der Waals surface area (Å²) in [4.78, 5) is 25.6. The Morgan fingerprint density at radius 1 is 1.32 bits per heavy atom. The number of hydrazine groups is 1. The van der Waals surface area contributed by atoms with Crippen LogP contribution in [0.3, 0.4) is 0 Å². The second kappa shape index (κ2) is 9.33. The SMILES string of the molecule is COC[C@@H](C)NC(=S)NNC(=O)c1ccc(CN2CCCC2=O)cc1. The van der Waals surface area contributed by atoms with Crippen LogP contribution in [0.2, 0.25) is 0 Å². The molecule has 25 heavy (non-hydrogen) atoms. The van der Waals surface area contributed by atoms with E-state index in [2.05, 4.69) is 16.2 Å². The average molecular weight is 364 g/mol. The maximum atomic E-state index is 12.1. The first kappa shape index (κ1) is 19.1. The summed E-state index contributed by atoms with van der Waals surface area (Å²) in [6.07, 6.45) is 1.55. The monoisotopic (exact) mass is 364 g/mol. The summed E-state index contributed by atoms with van der Waals surface area (Å²) in [7, 11) is 1.61. The van der Waals surface area contributed by atoms with E-state index in [4.69, 9.17) is 17.0 Å². The van der Waals surface area contributed by atoms with E-state index in [1.807, 2.05) is 24.0 Å².